The summed E-state index contributed by atoms with van der Waals surface area (Å²) in [5.74, 6) is 0. The quantitative estimate of drug-likeness (QED) is 0.300. The van der Waals surface area contributed by atoms with Gasteiger partial charge in [-0.15, -0.1) is 0 Å². The molecule has 1 aliphatic rings. The summed E-state index contributed by atoms with van der Waals surface area (Å²) in [6, 6.07) is -0.351. The van der Waals surface area contributed by atoms with Crippen molar-refractivity contribution in [3.8, 4) is 0 Å². The van der Waals surface area contributed by atoms with Gasteiger partial charge in [0.25, 0.3) is 0 Å². The molecule has 5 nitrogen and oxygen atoms in total. The fraction of sp³-hybridized carbons (Fsp3) is 0.667. The van der Waals surface area contributed by atoms with Crippen LogP contribution in [0.5, 0.6) is 0 Å². The van der Waals surface area contributed by atoms with Gasteiger partial charge in [-0.2, -0.15) is 0 Å². The molecule has 0 radical (unpaired) electrons. The lowest BCUT2D eigenvalue weighted by molar-refractivity contribution is 0.0929. The Morgan fingerprint density at radius 3 is 2.88 bits per heavy atom. The zero-order chi connectivity index (χ0) is 5.98. The molecule has 1 unspecified atom stereocenters. The summed E-state index contributed by atoms with van der Waals surface area (Å²) in [6.45, 7) is 0.312. The second-order valence-electron chi connectivity index (χ2n) is 1.43. The van der Waals surface area contributed by atoms with E-state index in [2.05, 4.69) is 16.0 Å². The van der Waals surface area contributed by atoms with E-state index in [1.54, 1.807) is 0 Å². The molecule has 46 valence electrons. The van der Waals surface area contributed by atoms with Gasteiger partial charge in [-0.3, -0.25) is 10.6 Å². The first-order valence-electron chi connectivity index (χ1n) is 2.25. The summed E-state index contributed by atoms with van der Waals surface area (Å²) in [7, 11) is 0. The molecular weight excluding hydrogens is 110 g/mol. The van der Waals surface area contributed by atoms with Crippen molar-refractivity contribution >= 4 is 6.03 Å². The van der Waals surface area contributed by atoms with E-state index in [-0.39, 0.29) is 6.03 Å². The van der Waals surface area contributed by atoms with Crippen LogP contribution in [0.25, 0.3) is 0 Å². The van der Waals surface area contributed by atoms with Gasteiger partial charge in [0.05, 0.1) is 6.67 Å². The van der Waals surface area contributed by atoms with Gasteiger partial charge in [0.15, 0.2) is 6.35 Å². The van der Waals surface area contributed by atoms with Crippen LogP contribution >= 0.6 is 0 Å². The smallest absolute Gasteiger partial charge is 0.318 e. The molecular formula is C3H7N3O2. The first-order valence-corrected chi connectivity index (χ1v) is 2.25. The zero-order valence-corrected chi connectivity index (χ0v) is 4.14. The third-order valence-electron chi connectivity index (χ3n) is 0.812. The Labute approximate surface area is 46.1 Å². The molecule has 0 aliphatic carbocycles. The number of aliphatic hydroxyl groups is 1. The van der Waals surface area contributed by atoms with E-state index in [0.29, 0.717) is 6.67 Å². The molecule has 1 rings (SSSR count). The summed E-state index contributed by atoms with van der Waals surface area (Å²) in [4.78, 5) is 10.3. The molecule has 1 heterocycles. The Hall–Kier alpha value is -0.810. The maximum absolute atomic E-state index is 10.3. The topological polar surface area (TPSA) is 73.4 Å². The van der Waals surface area contributed by atoms with E-state index in [4.69, 9.17) is 5.11 Å². The van der Waals surface area contributed by atoms with Gasteiger partial charge in [-0.05, 0) is 0 Å². The fourth-order valence-corrected chi connectivity index (χ4v) is 0.454. The minimum atomic E-state index is -0.899. The number of nitrogens with one attached hydrogen (secondary N) is 3. The van der Waals surface area contributed by atoms with Crippen LogP contribution in [0.4, 0.5) is 4.79 Å². The summed E-state index contributed by atoms with van der Waals surface area (Å²) < 4.78 is 0. The van der Waals surface area contributed by atoms with Gasteiger partial charge >= 0.3 is 6.03 Å². The van der Waals surface area contributed by atoms with Crippen LogP contribution in [-0.2, 0) is 0 Å². The van der Waals surface area contributed by atoms with E-state index >= 15 is 0 Å². The van der Waals surface area contributed by atoms with Crippen LogP contribution in [0.1, 0.15) is 0 Å². The molecule has 2 amide bonds. The second-order valence-corrected chi connectivity index (χ2v) is 1.43. The minimum Gasteiger partial charge on any atom is -0.361 e. The van der Waals surface area contributed by atoms with E-state index in [1.165, 1.54) is 0 Å². The van der Waals surface area contributed by atoms with Crippen LogP contribution < -0.4 is 16.0 Å². The maximum atomic E-state index is 10.3. The monoisotopic (exact) mass is 117 g/mol. The largest absolute Gasteiger partial charge is 0.361 e. The Morgan fingerprint density at radius 1 is 1.75 bits per heavy atom. The van der Waals surface area contributed by atoms with Crippen LogP contribution in [0.3, 0.4) is 0 Å². The van der Waals surface area contributed by atoms with Crippen LogP contribution in [-0.4, -0.2) is 24.2 Å². The van der Waals surface area contributed by atoms with Crippen molar-refractivity contribution in [2.75, 3.05) is 6.67 Å². The average Bonchev–Trinajstić information content (AvgIpc) is 1.64. The van der Waals surface area contributed by atoms with Crippen molar-refractivity contribution in [1.82, 2.24) is 16.0 Å². The van der Waals surface area contributed by atoms with Crippen LogP contribution in [0, 0.1) is 0 Å². The van der Waals surface area contributed by atoms with E-state index in [0.717, 1.165) is 0 Å². The summed E-state index contributed by atoms with van der Waals surface area (Å²) in [5.41, 5.74) is 0. The van der Waals surface area contributed by atoms with Gasteiger partial charge in [0.2, 0.25) is 0 Å². The highest BCUT2D eigenvalue weighted by Gasteiger charge is 2.11. The Bertz CT molecular complexity index is 105. The third kappa shape index (κ3) is 1.08. The predicted molar refractivity (Wildman–Crippen MR) is 25.7 cm³/mol. The molecule has 0 bridgehead atoms. The number of urea groups is 1. The number of hydrogen-bond acceptors (Lipinski definition) is 3. The normalized spacial score (nSPS) is 28.6. The Morgan fingerprint density at radius 2 is 2.50 bits per heavy atom. The number of amides is 2. The average molecular weight is 117 g/mol. The number of rotatable bonds is 0. The Kier molecular flexibility index (Phi) is 1.32. The van der Waals surface area contributed by atoms with E-state index < -0.39 is 6.35 Å². The second kappa shape index (κ2) is 1.97. The lowest BCUT2D eigenvalue weighted by Crippen LogP contribution is -2.58. The SMILES string of the molecule is O=C1NCNC(O)N1. The Balaban J connectivity index is 2.34. The van der Waals surface area contributed by atoms with Gasteiger partial charge in [-0.25, -0.2) is 4.79 Å². The fourth-order valence-electron chi connectivity index (χ4n) is 0.454. The molecule has 1 fully saturated rings. The third-order valence-corrected chi connectivity index (χ3v) is 0.812. The highest BCUT2D eigenvalue weighted by molar-refractivity contribution is 5.74. The highest BCUT2D eigenvalue weighted by Crippen LogP contribution is 1.74. The molecule has 5 heteroatoms. The van der Waals surface area contributed by atoms with Crippen LogP contribution in [0.2, 0.25) is 0 Å². The van der Waals surface area contributed by atoms with E-state index in [9.17, 15) is 4.79 Å². The number of hydrogen-bond donors (Lipinski definition) is 4. The van der Waals surface area contributed by atoms with Gasteiger partial charge in [0, 0.05) is 0 Å². The molecule has 1 atom stereocenters. The lowest BCUT2D eigenvalue weighted by Gasteiger charge is -2.20. The van der Waals surface area contributed by atoms with Gasteiger partial charge in [0.1, 0.15) is 0 Å². The number of carbonyl (C=O) groups is 1. The van der Waals surface area contributed by atoms with Crippen molar-refractivity contribution < 1.29 is 9.90 Å². The van der Waals surface area contributed by atoms with Crippen molar-refractivity contribution in [2.45, 2.75) is 6.35 Å². The minimum absolute atomic E-state index is 0.312. The number of carbonyl (C=O) groups excluding carboxylic acids is 1. The standard InChI is InChI=1S/C3H7N3O2/c7-2-4-1-5-3(8)6-2/h2,4,7H,1H2,(H2,5,6,8). The summed E-state index contributed by atoms with van der Waals surface area (Å²) in [6.07, 6.45) is -0.899. The molecule has 8 heavy (non-hydrogen) atoms. The number of aliphatic hydroxyl groups excluding tert-OH is 1. The molecule has 1 aliphatic heterocycles. The highest BCUT2D eigenvalue weighted by atomic mass is 16.3. The predicted octanol–water partition coefficient (Wildman–Crippen LogP) is -1.88. The van der Waals surface area contributed by atoms with Gasteiger partial charge in [-0.1, -0.05) is 0 Å². The van der Waals surface area contributed by atoms with Crippen molar-refractivity contribution in [1.29, 1.82) is 0 Å². The van der Waals surface area contributed by atoms with Crippen molar-refractivity contribution in [3.05, 3.63) is 0 Å². The summed E-state index contributed by atoms with van der Waals surface area (Å²) >= 11 is 0. The van der Waals surface area contributed by atoms with Crippen molar-refractivity contribution in [3.63, 3.8) is 0 Å². The maximum Gasteiger partial charge on any atom is 0.318 e. The molecule has 0 spiro atoms. The molecule has 0 aromatic rings. The molecule has 1 saturated heterocycles. The zero-order valence-electron chi connectivity index (χ0n) is 4.14. The lowest BCUT2D eigenvalue weighted by atomic mass is 10.7. The van der Waals surface area contributed by atoms with Crippen LogP contribution in [0.15, 0.2) is 0 Å². The van der Waals surface area contributed by atoms with Crippen molar-refractivity contribution in [2.24, 2.45) is 0 Å². The molecule has 0 aromatic carbocycles. The first kappa shape index (κ1) is 5.33. The van der Waals surface area contributed by atoms with E-state index in [1.807, 2.05) is 0 Å². The summed E-state index contributed by atoms with van der Waals surface area (Å²) in [5, 5.41) is 15.7. The van der Waals surface area contributed by atoms with Gasteiger partial charge < -0.3 is 10.4 Å². The first-order chi connectivity index (χ1) is 3.79. The molecule has 4 N–H and O–H groups in total. The molecule has 0 saturated carbocycles. The molecule has 0 aromatic heterocycles.